The van der Waals surface area contributed by atoms with Gasteiger partial charge in [0.25, 0.3) is 0 Å². The van der Waals surface area contributed by atoms with Gasteiger partial charge in [-0.15, -0.1) is 0 Å². The first kappa shape index (κ1) is 89.4. The average Bonchev–Trinajstić information content (AvgIpc) is 0.812. The third kappa shape index (κ3) is 27.4. The summed E-state index contributed by atoms with van der Waals surface area (Å²) < 4.78 is 12.1. The Morgan fingerprint density at radius 2 is 0.857 bits per heavy atom. The molecule has 2 fully saturated rings. The Kier molecular flexibility index (Phi) is 35.5. The fraction of sp³-hybridized carbons (Fsp3) is 0.692. The Morgan fingerprint density at radius 1 is 0.467 bits per heavy atom. The minimum absolute atomic E-state index is 0.0214. The van der Waals surface area contributed by atoms with Crippen molar-refractivity contribution in [3.8, 4) is 0 Å². The van der Waals surface area contributed by atoms with Crippen LogP contribution in [0.3, 0.4) is 0 Å². The zero-order valence-electron chi connectivity index (χ0n) is 66.6. The maximum atomic E-state index is 15.7. The van der Waals surface area contributed by atoms with Crippen LogP contribution in [-0.4, -0.2) is 276 Å². The smallest absolute Gasteiger partial charge is 0.247 e. The number of amides is 12. The monoisotopic (exact) mass is 1470 g/mol. The molecule has 2 aromatic carbocycles. The number of aliphatic hydroxyl groups is 1. The van der Waals surface area contributed by atoms with Crippen molar-refractivity contribution >= 4 is 70.9 Å². The molecule has 588 valence electrons. The highest BCUT2D eigenvalue weighted by Gasteiger charge is 2.45. The third-order valence-electron chi connectivity index (χ3n) is 19.3. The van der Waals surface area contributed by atoms with Gasteiger partial charge >= 0.3 is 0 Å². The van der Waals surface area contributed by atoms with Crippen LogP contribution >= 0.6 is 0 Å². The number of likely N-dealkylation sites (tertiary alicyclic amines) is 1. The first-order valence-corrected chi connectivity index (χ1v) is 37.4. The van der Waals surface area contributed by atoms with Gasteiger partial charge in [-0.2, -0.15) is 0 Å². The van der Waals surface area contributed by atoms with E-state index < -0.39 is 175 Å². The van der Waals surface area contributed by atoms with E-state index in [1.54, 1.807) is 100 Å². The van der Waals surface area contributed by atoms with Gasteiger partial charge in [0.05, 0.1) is 44.5 Å². The zero-order chi connectivity index (χ0) is 79.1. The number of carbonyl (C=O) groups is 12. The van der Waals surface area contributed by atoms with Crippen molar-refractivity contribution in [3.05, 3.63) is 71.8 Å². The number of hydrogen-bond donors (Lipinski definition) is 5. The van der Waals surface area contributed by atoms with E-state index in [9.17, 15) is 24.3 Å². The molecular formula is C78H126N12O15. The molecule has 11 atom stereocenters. The van der Waals surface area contributed by atoms with Crippen LogP contribution in [0.15, 0.2) is 60.7 Å². The molecule has 0 aliphatic carbocycles. The van der Waals surface area contributed by atoms with Crippen LogP contribution in [0.25, 0.3) is 0 Å². The van der Waals surface area contributed by atoms with Crippen LogP contribution in [0.1, 0.15) is 159 Å². The Balaban J connectivity index is 2.04. The molecule has 12 amide bonds. The fourth-order valence-corrected chi connectivity index (χ4v) is 13.0. The maximum Gasteiger partial charge on any atom is 0.247 e. The topological polar surface area (TPSA) is 318 Å². The van der Waals surface area contributed by atoms with Crippen LogP contribution in [0.2, 0.25) is 0 Å². The Hall–Kier alpha value is -8.04. The summed E-state index contributed by atoms with van der Waals surface area (Å²) in [6.07, 6.45) is 0.710. The van der Waals surface area contributed by atoms with Crippen LogP contribution in [-0.2, 0) is 79.8 Å². The highest BCUT2D eigenvalue weighted by atomic mass is 16.5. The molecule has 105 heavy (non-hydrogen) atoms. The van der Waals surface area contributed by atoms with Crippen molar-refractivity contribution < 1.29 is 72.1 Å². The molecule has 0 spiro atoms. The van der Waals surface area contributed by atoms with E-state index in [-0.39, 0.29) is 68.8 Å². The van der Waals surface area contributed by atoms with Gasteiger partial charge < -0.3 is 75.0 Å². The Labute approximate surface area is 624 Å². The molecule has 2 aromatic rings. The van der Waals surface area contributed by atoms with Crippen LogP contribution < -0.4 is 21.3 Å². The van der Waals surface area contributed by atoms with Gasteiger partial charge in [-0.05, 0) is 113 Å². The van der Waals surface area contributed by atoms with Crippen molar-refractivity contribution in [3.63, 3.8) is 0 Å². The van der Waals surface area contributed by atoms with E-state index in [1.165, 1.54) is 85.7 Å². The molecule has 0 saturated carbocycles. The number of piperidine rings is 1. The molecule has 0 unspecified atom stereocenters. The lowest BCUT2D eigenvalue weighted by molar-refractivity contribution is -0.152. The van der Waals surface area contributed by atoms with E-state index in [4.69, 9.17) is 9.47 Å². The zero-order valence-corrected chi connectivity index (χ0v) is 66.6. The number of carbonyl (C=O) groups excluding carboxylic acids is 12. The first-order chi connectivity index (χ1) is 49.1. The van der Waals surface area contributed by atoms with Gasteiger partial charge in [-0.1, -0.05) is 130 Å². The second-order valence-electron chi connectivity index (χ2n) is 31.8. The molecule has 0 radical (unpaired) electrons. The Bertz CT molecular complexity index is 3210. The van der Waals surface area contributed by atoms with Gasteiger partial charge in [-0.25, -0.2) is 0 Å². The molecule has 0 aromatic heterocycles. The molecule has 4 rings (SSSR count). The second kappa shape index (κ2) is 41.8. The molecule has 2 aliphatic rings. The average molecular weight is 1470 g/mol. The highest BCUT2D eigenvalue weighted by molar-refractivity contribution is 6.00. The molecule has 2 saturated heterocycles. The number of nitrogens with zero attached hydrogens (tertiary/aromatic N) is 8. The summed E-state index contributed by atoms with van der Waals surface area (Å²) in [6, 6.07) is 4.17. The number of nitrogens with one attached hydrogen (secondary N) is 4. The van der Waals surface area contributed by atoms with Crippen LogP contribution in [0.4, 0.5) is 0 Å². The second-order valence-corrected chi connectivity index (χ2v) is 31.8. The highest BCUT2D eigenvalue weighted by Crippen LogP contribution is 2.25. The normalized spacial score (nSPS) is 24.7. The fourth-order valence-electron chi connectivity index (χ4n) is 13.0. The molecule has 5 N–H and O–H groups in total. The number of likely N-dealkylation sites (N-methyl/N-ethyl adjacent to an activating group) is 7. The number of aliphatic hydroxyl groups excluding tert-OH is 1. The van der Waals surface area contributed by atoms with Crippen molar-refractivity contribution in [1.82, 2.24) is 60.5 Å². The number of hydrogen-bond acceptors (Lipinski definition) is 15. The van der Waals surface area contributed by atoms with E-state index in [1.807, 2.05) is 55.4 Å². The largest absolute Gasteiger partial charge is 0.391 e. The number of rotatable bonds is 20. The summed E-state index contributed by atoms with van der Waals surface area (Å²) in [7, 11) is 9.87. The summed E-state index contributed by atoms with van der Waals surface area (Å²) in [5, 5.41) is 21.9. The summed E-state index contributed by atoms with van der Waals surface area (Å²) in [6.45, 7) is 23.9. The van der Waals surface area contributed by atoms with Crippen LogP contribution in [0.5, 0.6) is 0 Å². The molecule has 2 aliphatic heterocycles. The summed E-state index contributed by atoms with van der Waals surface area (Å²) in [4.78, 5) is 192. The van der Waals surface area contributed by atoms with Crippen molar-refractivity contribution in [2.24, 2.45) is 29.6 Å². The van der Waals surface area contributed by atoms with Crippen LogP contribution in [0, 0.1) is 29.6 Å². The minimum atomic E-state index is -1.55. The van der Waals surface area contributed by atoms with Crippen molar-refractivity contribution in [1.29, 1.82) is 0 Å². The van der Waals surface area contributed by atoms with Gasteiger partial charge in [0.1, 0.15) is 60.4 Å². The van der Waals surface area contributed by atoms with Gasteiger partial charge in [-0.3, -0.25) is 57.5 Å². The SMILES string of the molecule is CC(C)C[C@@H]1C(=O)N[C@@H](COC[C@@H](C)O)C(=O)N(C)[C@@H](CC(C)C)C(=O)N(C)[C@@H](CC(C)C)C(=O)N[C@@H](C(=O)N2CCCCC2)CC(=O)N(C)CC(=O)N(C)[C@@H](CC(C)C)C(=O)N[C@@H](C(C)C)C(=O)N(C)[C@H](Cc2ccccc2)C(=O)N(C)[C@@H](Cc2ccccc2)C(=O)N[C@@H](COC(C)(C)C)C(=O)N1C. The first-order valence-electron chi connectivity index (χ1n) is 37.4. The quantitative estimate of drug-likeness (QED) is 0.123. The lowest BCUT2D eigenvalue weighted by Crippen LogP contribution is -2.63. The van der Waals surface area contributed by atoms with Gasteiger partial charge in [0, 0.05) is 75.3 Å². The Morgan fingerprint density at radius 3 is 1.32 bits per heavy atom. The van der Waals surface area contributed by atoms with Gasteiger partial charge in [0.2, 0.25) is 70.9 Å². The number of ether oxygens (including phenoxy) is 2. The van der Waals surface area contributed by atoms with E-state index in [2.05, 4.69) is 21.3 Å². The molecule has 0 bridgehead atoms. The van der Waals surface area contributed by atoms with E-state index >= 15 is 38.4 Å². The predicted octanol–water partition coefficient (Wildman–Crippen LogP) is 4.30. The standard InChI is InChI=1S/C78H126N12O15/c1-48(2)37-59-71(97)82-67(52(9)10)77(103)89(21)64(42-55-33-27-23-28-34-55)76(102)87(19)62(41-54-31-25-22-26-32-54)70(96)81-58(47-105-78(12,13)14)73(99)85(17)60(38-49(3)4)69(95)80-57(46-104-45-53(11)91)72(98)88(20)63(40-51(7)8)75(101)86(18)61(39-50(5)6)68(94)79-56(74(100)90-35-29-24-30-36-90)43-65(92)83(15)44-66(93)84(59)16/h22-23,25-28,31-34,48-53,56-64,67,91H,24,29-30,35-47H2,1-21H3,(H,79,94)(H,80,95)(H,81,96)(H,82,97)/t53-,56-,57+,58+,59+,60-,61+,62+,63+,64-,67+/m1/s1. The maximum absolute atomic E-state index is 15.7. The van der Waals surface area contributed by atoms with E-state index in [0.29, 0.717) is 37.1 Å². The molecule has 2 heterocycles. The molecular weight excluding hydrogens is 1340 g/mol. The summed E-state index contributed by atoms with van der Waals surface area (Å²) in [5.74, 6) is -10.1. The minimum Gasteiger partial charge on any atom is -0.391 e. The summed E-state index contributed by atoms with van der Waals surface area (Å²) >= 11 is 0. The lowest BCUT2D eigenvalue weighted by atomic mass is 9.96. The third-order valence-corrected chi connectivity index (χ3v) is 19.3. The predicted molar refractivity (Wildman–Crippen MR) is 401 cm³/mol. The molecule has 27 nitrogen and oxygen atoms in total. The molecule has 27 heteroatoms. The van der Waals surface area contributed by atoms with Crippen molar-refractivity contribution in [2.75, 3.05) is 88.8 Å². The van der Waals surface area contributed by atoms with E-state index in [0.717, 1.165) is 11.3 Å². The van der Waals surface area contributed by atoms with Gasteiger partial charge in [0.15, 0.2) is 0 Å². The lowest BCUT2D eigenvalue weighted by Gasteiger charge is -2.38. The number of benzene rings is 2. The van der Waals surface area contributed by atoms with Crippen molar-refractivity contribution in [2.45, 2.75) is 233 Å². The summed E-state index contributed by atoms with van der Waals surface area (Å²) in [5.41, 5.74) is 0.396.